The van der Waals surface area contributed by atoms with E-state index in [1.165, 1.54) is 12.8 Å². The first-order valence-corrected chi connectivity index (χ1v) is 9.01. The van der Waals surface area contributed by atoms with Crippen LogP contribution in [0.5, 0.6) is 0 Å². The van der Waals surface area contributed by atoms with E-state index < -0.39 is 6.04 Å². The zero-order valence-electron chi connectivity index (χ0n) is 14.5. The van der Waals surface area contributed by atoms with Crippen molar-refractivity contribution < 1.29 is 9.59 Å². The summed E-state index contributed by atoms with van der Waals surface area (Å²) in [6, 6.07) is 9.01. The molecule has 1 atom stereocenters. The number of aromatic nitrogens is 1. The molecule has 1 aliphatic carbocycles. The molecule has 5 nitrogen and oxygen atoms in total. The first-order valence-electron chi connectivity index (χ1n) is 9.01. The zero-order valence-corrected chi connectivity index (χ0v) is 14.5. The molecule has 4 rings (SSSR count). The number of nitrogens with zero attached hydrogens (tertiary/aromatic N) is 2. The lowest BCUT2D eigenvalue weighted by Gasteiger charge is -2.33. The number of nitrogens with one attached hydrogen (secondary N) is 1. The molecule has 1 aliphatic heterocycles. The normalized spacial score (nSPS) is 19.6. The van der Waals surface area contributed by atoms with Gasteiger partial charge in [-0.2, -0.15) is 0 Å². The molecular weight excluding hydrogens is 314 g/mol. The number of fused-ring (bicyclic) bond motifs is 1. The number of carbonyl (C=O) groups is 2. The largest absolute Gasteiger partial charge is 0.341 e. The highest BCUT2D eigenvalue weighted by molar-refractivity contribution is 5.98. The lowest BCUT2D eigenvalue weighted by molar-refractivity contribution is -0.134. The first-order chi connectivity index (χ1) is 12.1. The molecule has 2 fully saturated rings. The van der Waals surface area contributed by atoms with Gasteiger partial charge in [-0.05, 0) is 49.5 Å². The lowest BCUT2D eigenvalue weighted by atomic mass is 9.93. The van der Waals surface area contributed by atoms with Crippen LogP contribution in [0, 0.1) is 5.41 Å². The molecular formula is C20H23N3O2. The van der Waals surface area contributed by atoms with Gasteiger partial charge in [0.2, 0.25) is 5.91 Å². The number of benzene rings is 1. The smallest absolute Gasteiger partial charge is 0.270 e. The quantitative estimate of drug-likeness (QED) is 0.937. The molecule has 1 spiro atoms. The van der Waals surface area contributed by atoms with E-state index in [1.807, 2.05) is 29.2 Å². The van der Waals surface area contributed by atoms with Gasteiger partial charge in [0.15, 0.2) is 0 Å². The predicted octanol–water partition coefficient (Wildman–Crippen LogP) is 2.76. The fourth-order valence-electron chi connectivity index (χ4n) is 3.69. The van der Waals surface area contributed by atoms with Gasteiger partial charge in [0, 0.05) is 24.7 Å². The molecule has 1 aromatic carbocycles. The Kier molecular flexibility index (Phi) is 3.94. The van der Waals surface area contributed by atoms with Crippen LogP contribution in [0.15, 0.2) is 36.5 Å². The summed E-state index contributed by atoms with van der Waals surface area (Å²) in [5.74, 6) is -0.299. The molecule has 130 valence electrons. The Hall–Kier alpha value is -2.43. The van der Waals surface area contributed by atoms with Gasteiger partial charge in [0.25, 0.3) is 5.91 Å². The van der Waals surface area contributed by atoms with Crippen LogP contribution in [0.2, 0.25) is 0 Å². The van der Waals surface area contributed by atoms with Crippen LogP contribution in [-0.4, -0.2) is 40.8 Å². The lowest BCUT2D eigenvalue weighted by Crippen LogP contribution is -2.49. The van der Waals surface area contributed by atoms with Crippen LogP contribution >= 0.6 is 0 Å². The van der Waals surface area contributed by atoms with Crippen molar-refractivity contribution in [1.29, 1.82) is 0 Å². The van der Waals surface area contributed by atoms with Crippen molar-refractivity contribution in [1.82, 2.24) is 15.2 Å². The molecule has 25 heavy (non-hydrogen) atoms. The fourth-order valence-corrected chi connectivity index (χ4v) is 3.69. The molecule has 2 heterocycles. The zero-order chi connectivity index (χ0) is 17.4. The van der Waals surface area contributed by atoms with E-state index in [0.29, 0.717) is 11.1 Å². The van der Waals surface area contributed by atoms with Crippen molar-refractivity contribution in [2.24, 2.45) is 5.41 Å². The maximum atomic E-state index is 12.6. The molecule has 1 saturated heterocycles. The van der Waals surface area contributed by atoms with Gasteiger partial charge in [-0.25, -0.2) is 0 Å². The molecule has 2 aliphatic rings. The highest BCUT2D eigenvalue weighted by Gasteiger charge is 2.45. The molecule has 1 aromatic heterocycles. The van der Waals surface area contributed by atoms with Gasteiger partial charge in [-0.3, -0.25) is 14.6 Å². The molecule has 5 heteroatoms. The third kappa shape index (κ3) is 3.23. The molecule has 2 amide bonds. The predicted molar refractivity (Wildman–Crippen MR) is 96.2 cm³/mol. The maximum absolute atomic E-state index is 12.6. The van der Waals surface area contributed by atoms with Crippen LogP contribution in [0.25, 0.3) is 10.8 Å². The Morgan fingerprint density at radius 1 is 1.12 bits per heavy atom. The number of piperidine rings is 1. The minimum atomic E-state index is -0.533. The van der Waals surface area contributed by atoms with E-state index in [1.54, 1.807) is 19.2 Å². The van der Waals surface area contributed by atoms with Crippen LogP contribution in [0.1, 0.15) is 43.1 Å². The topological polar surface area (TPSA) is 62.3 Å². The summed E-state index contributed by atoms with van der Waals surface area (Å²) in [4.78, 5) is 31.2. The molecule has 2 aromatic rings. The third-order valence-electron chi connectivity index (χ3n) is 5.67. The number of amides is 2. The molecule has 0 unspecified atom stereocenters. The molecule has 1 N–H and O–H groups in total. The number of carbonyl (C=O) groups excluding carboxylic acids is 2. The van der Waals surface area contributed by atoms with Crippen molar-refractivity contribution in [3.8, 4) is 0 Å². The standard InChI is InChI=1S/C20H23N3O2/c1-14(19(25)23-10-8-20(6-7-20)9-11-23)22-18(24)17-12-15-4-2-3-5-16(15)13-21-17/h2-5,12-14H,6-11H2,1H3,(H,22,24)/t14-/m1/s1. The van der Waals surface area contributed by atoms with Gasteiger partial charge in [-0.1, -0.05) is 24.3 Å². The van der Waals surface area contributed by atoms with Crippen molar-refractivity contribution in [3.05, 3.63) is 42.2 Å². The Morgan fingerprint density at radius 2 is 1.80 bits per heavy atom. The highest BCUT2D eigenvalue weighted by Crippen LogP contribution is 2.53. The minimum Gasteiger partial charge on any atom is -0.341 e. The second kappa shape index (κ2) is 6.14. The number of hydrogen-bond donors (Lipinski definition) is 1. The molecule has 1 saturated carbocycles. The number of rotatable bonds is 3. The van der Waals surface area contributed by atoms with E-state index in [0.717, 1.165) is 36.7 Å². The summed E-state index contributed by atoms with van der Waals surface area (Å²) in [7, 11) is 0. The second-order valence-electron chi connectivity index (χ2n) is 7.44. The summed E-state index contributed by atoms with van der Waals surface area (Å²) in [6.07, 6.45) is 6.53. The summed E-state index contributed by atoms with van der Waals surface area (Å²) in [6.45, 7) is 3.38. The Bertz CT molecular complexity index is 819. The fraction of sp³-hybridized carbons (Fsp3) is 0.450. The van der Waals surface area contributed by atoms with E-state index in [9.17, 15) is 9.59 Å². The molecule has 0 bridgehead atoms. The van der Waals surface area contributed by atoms with Gasteiger partial charge in [0.1, 0.15) is 11.7 Å². The Balaban J connectivity index is 1.39. The van der Waals surface area contributed by atoms with Crippen LogP contribution < -0.4 is 5.32 Å². The monoisotopic (exact) mass is 337 g/mol. The van der Waals surface area contributed by atoms with Crippen molar-refractivity contribution in [2.75, 3.05) is 13.1 Å². The van der Waals surface area contributed by atoms with Crippen LogP contribution in [-0.2, 0) is 4.79 Å². The first kappa shape index (κ1) is 16.1. The van der Waals surface area contributed by atoms with E-state index in [4.69, 9.17) is 0 Å². The summed E-state index contributed by atoms with van der Waals surface area (Å²) < 4.78 is 0. The second-order valence-corrected chi connectivity index (χ2v) is 7.44. The van der Waals surface area contributed by atoms with E-state index >= 15 is 0 Å². The van der Waals surface area contributed by atoms with Gasteiger partial charge in [-0.15, -0.1) is 0 Å². The van der Waals surface area contributed by atoms with E-state index in [-0.39, 0.29) is 11.8 Å². The van der Waals surface area contributed by atoms with Crippen LogP contribution in [0.4, 0.5) is 0 Å². The Morgan fingerprint density at radius 3 is 2.48 bits per heavy atom. The minimum absolute atomic E-state index is 0.00430. The van der Waals surface area contributed by atoms with Crippen LogP contribution in [0.3, 0.4) is 0 Å². The van der Waals surface area contributed by atoms with Gasteiger partial charge >= 0.3 is 0 Å². The summed E-state index contributed by atoms with van der Waals surface area (Å²) >= 11 is 0. The molecule has 0 radical (unpaired) electrons. The van der Waals surface area contributed by atoms with Crippen molar-refractivity contribution in [2.45, 2.75) is 38.6 Å². The summed E-state index contributed by atoms with van der Waals surface area (Å²) in [5, 5.41) is 4.76. The maximum Gasteiger partial charge on any atom is 0.270 e. The average Bonchev–Trinajstić information content (AvgIpc) is 3.40. The van der Waals surface area contributed by atoms with Crippen molar-refractivity contribution >= 4 is 22.6 Å². The van der Waals surface area contributed by atoms with Gasteiger partial charge in [0.05, 0.1) is 0 Å². The van der Waals surface area contributed by atoms with Crippen molar-refractivity contribution in [3.63, 3.8) is 0 Å². The highest BCUT2D eigenvalue weighted by atomic mass is 16.2. The number of likely N-dealkylation sites (tertiary alicyclic amines) is 1. The Labute approximate surface area is 147 Å². The third-order valence-corrected chi connectivity index (χ3v) is 5.67. The summed E-state index contributed by atoms with van der Waals surface area (Å²) in [5.41, 5.74) is 0.882. The average molecular weight is 337 g/mol. The number of pyridine rings is 1. The SMILES string of the molecule is C[C@@H](NC(=O)c1cc2ccccc2cn1)C(=O)N1CCC2(CC1)CC2. The number of hydrogen-bond acceptors (Lipinski definition) is 3. The van der Waals surface area contributed by atoms with Gasteiger partial charge < -0.3 is 10.2 Å². The van der Waals surface area contributed by atoms with E-state index in [2.05, 4.69) is 10.3 Å².